The molecule has 0 aliphatic carbocycles. The molecule has 6 heteroatoms. The number of carbonyl (C=O) groups excluding carboxylic acids is 2. The minimum absolute atomic E-state index is 0.00105. The van der Waals surface area contributed by atoms with Gasteiger partial charge < -0.3 is 19.7 Å². The maximum Gasteiger partial charge on any atom is 0.249 e. The van der Waals surface area contributed by atoms with E-state index >= 15 is 0 Å². The average molecular weight is 431 g/mol. The van der Waals surface area contributed by atoms with Crippen molar-refractivity contribution in [1.82, 2.24) is 10.2 Å². The van der Waals surface area contributed by atoms with Crippen LogP contribution < -0.4 is 10.1 Å². The molecule has 0 saturated carbocycles. The molecule has 3 aromatic rings. The van der Waals surface area contributed by atoms with Crippen LogP contribution in [-0.2, 0) is 34.0 Å². The molecular formula is C26H26N2O4. The average Bonchev–Trinajstić information content (AvgIpc) is 2.84. The second-order valence-electron chi connectivity index (χ2n) is 7.67. The minimum Gasteiger partial charge on any atom is -0.489 e. The van der Waals surface area contributed by atoms with E-state index in [1.54, 1.807) is 4.90 Å². The molecule has 0 bridgehead atoms. The number of amides is 2. The Labute approximate surface area is 187 Å². The van der Waals surface area contributed by atoms with Gasteiger partial charge in [0.15, 0.2) is 0 Å². The van der Waals surface area contributed by atoms with E-state index in [-0.39, 0.29) is 25.0 Å². The van der Waals surface area contributed by atoms with Gasteiger partial charge in [-0.3, -0.25) is 9.59 Å². The molecule has 1 N–H and O–H groups in total. The SMILES string of the molecule is O=C(NCc1ccc(OCc2ccccc2)cc1)[C@H]1COCC(=O)N1Cc1ccccc1. The topological polar surface area (TPSA) is 67.9 Å². The van der Waals surface area contributed by atoms with Crippen molar-refractivity contribution in [2.75, 3.05) is 13.2 Å². The van der Waals surface area contributed by atoms with E-state index in [1.165, 1.54) is 0 Å². The minimum atomic E-state index is -0.648. The van der Waals surface area contributed by atoms with Gasteiger partial charge in [0, 0.05) is 13.1 Å². The summed E-state index contributed by atoms with van der Waals surface area (Å²) < 4.78 is 11.1. The molecule has 0 radical (unpaired) electrons. The number of carbonyl (C=O) groups is 2. The van der Waals surface area contributed by atoms with Gasteiger partial charge in [-0.25, -0.2) is 0 Å². The summed E-state index contributed by atoms with van der Waals surface area (Å²) in [6.07, 6.45) is 0. The molecule has 3 aromatic carbocycles. The Hall–Kier alpha value is -3.64. The van der Waals surface area contributed by atoms with Crippen LogP contribution in [0.2, 0.25) is 0 Å². The Balaban J connectivity index is 1.31. The van der Waals surface area contributed by atoms with Gasteiger partial charge in [0.05, 0.1) is 6.61 Å². The first-order chi connectivity index (χ1) is 15.7. The van der Waals surface area contributed by atoms with Gasteiger partial charge in [0.2, 0.25) is 11.8 Å². The van der Waals surface area contributed by atoms with Crippen LogP contribution in [0.3, 0.4) is 0 Å². The Bertz CT molecular complexity index is 1020. The molecule has 1 saturated heterocycles. The Morgan fingerprint density at radius 1 is 0.906 bits per heavy atom. The van der Waals surface area contributed by atoms with Crippen LogP contribution in [0, 0.1) is 0 Å². The lowest BCUT2D eigenvalue weighted by molar-refractivity contribution is -0.155. The smallest absolute Gasteiger partial charge is 0.249 e. The molecule has 1 atom stereocenters. The van der Waals surface area contributed by atoms with Crippen LogP contribution in [0.25, 0.3) is 0 Å². The number of nitrogens with zero attached hydrogens (tertiary/aromatic N) is 1. The summed E-state index contributed by atoms with van der Waals surface area (Å²) in [7, 11) is 0. The fraction of sp³-hybridized carbons (Fsp3) is 0.231. The molecular weight excluding hydrogens is 404 g/mol. The lowest BCUT2D eigenvalue weighted by atomic mass is 10.1. The summed E-state index contributed by atoms with van der Waals surface area (Å²) in [6.45, 7) is 1.44. The van der Waals surface area contributed by atoms with Gasteiger partial charge in [-0.15, -0.1) is 0 Å². The predicted octanol–water partition coefficient (Wildman–Crippen LogP) is 3.31. The fourth-order valence-electron chi connectivity index (χ4n) is 3.55. The van der Waals surface area contributed by atoms with Crippen molar-refractivity contribution in [3.8, 4) is 5.75 Å². The van der Waals surface area contributed by atoms with Crippen LogP contribution in [0.1, 0.15) is 16.7 Å². The van der Waals surface area contributed by atoms with Crippen molar-refractivity contribution in [1.29, 1.82) is 0 Å². The molecule has 6 nitrogen and oxygen atoms in total. The molecule has 1 aliphatic heterocycles. The highest BCUT2D eigenvalue weighted by atomic mass is 16.5. The van der Waals surface area contributed by atoms with Crippen LogP contribution in [0.4, 0.5) is 0 Å². The first kappa shape index (κ1) is 21.6. The summed E-state index contributed by atoms with van der Waals surface area (Å²) >= 11 is 0. The van der Waals surface area contributed by atoms with Crippen molar-refractivity contribution < 1.29 is 19.1 Å². The standard InChI is InChI=1S/C26H26N2O4/c29-25-19-31-18-24(28(25)16-21-7-3-1-4-8-21)26(30)27-15-20-11-13-23(14-12-20)32-17-22-9-5-2-6-10-22/h1-14,24H,15-19H2,(H,27,30)/t24-/m1/s1. The van der Waals surface area contributed by atoms with E-state index in [2.05, 4.69) is 5.32 Å². The molecule has 4 rings (SSSR count). The number of morpholine rings is 1. The Morgan fingerprint density at radius 3 is 2.25 bits per heavy atom. The number of rotatable bonds is 8. The zero-order valence-electron chi connectivity index (χ0n) is 17.8. The molecule has 2 amide bonds. The number of hydrogen-bond donors (Lipinski definition) is 1. The molecule has 1 fully saturated rings. The third kappa shape index (κ3) is 5.74. The molecule has 1 aliphatic rings. The molecule has 0 unspecified atom stereocenters. The van der Waals surface area contributed by atoms with Gasteiger partial charge in [-0.2, -0.15) is 0 Å². The van der Waals surface area contributed by atoms with Crippen LogP contribution in [0.15, 0.2) is 84.9 Å². The van der Waals surface area contributed by atoms with E-state index in [9.17, 15) is 9.59 Å². The van der Waals surface area contributed by atoms with Gasteiger partial charge in [0.25, 0.3) is 0 Å². The van der Waals surface area contributed by atoms with Crippen molar-refractivity contribution in [2.45, 2.75) is 25.7 Å². The van der Waals surface area contributed by atoms with Gasteiger partial charge >= 0.3 is 0 Å². The first-order valence-corrected chi connectivity index (χ1v) is 10.6. The second-order valence-corrected chi connectivity index (χ2v) is 7.67. The Morgan fingerprint density at radius 2 is 1.56 bits per heavy atom. The zero-order valence-corrected chi connectivity index (χ0v) is 17.8. The number of benzene rings is 3. The van der Waals surface area contributed by atoms with E-state index in [1.807, 2.05) is 84.9 Å². The lowest BCUT2D eigenvalue weighted by Crippen LogP contribution is -2.55. The number of nitrogens with one attached hydrogen (secondary N) is 1. The predicted molar refractivity (Wildman–Crippen MR) is 121 cm³/mol. The molecule has 1 heterocycles. The van der Waals surface area contributed by atoms with Crippen molar-refractivity contribution in [3.63, 3.8) is 0 Å². The van der Waals surface area contributed by atoms with E-state index in [0.29, 0.717) is 19.7 Å². The largest absolute Gasteiger partial charge is 0.489 e. The van der Waals surface area contributed by atoms with Crippen LogP contribution in [-0.4, -0.2) is 36.0 Å². The third-order valence-electron chi connectivity index (χ3n) is 5.33. The third-order valence-corrected chi connectivity index (χ3v) is 5.33. The highest BCUT2D eigenvalue weighted by Crippen LogP contribution is 2.16. The maximum atomic E-state index is 12.8. The van der Waals surface area contributed by atoms with Crippen LogP contribution >= 0.6 is 0 Å². The van der Waals surface area contributed by atoms with Crippen LogP contribution in [0.5, 0.6) is 5.75 Å². The highest BCUT2D eigenvalue weighted by molar-refractivity contribution is 5.89. The first-order valence-electron chi connectivity index (χ1n) is 10.6. The van der Waals surface area contributed by atoms with Crippen molar-refractivity contribution >= 4 is 11.8 Å². The molecule has 0 spiro atoms. The van der Waals surface area contributed by atoms with Crippen molar-refractivity contribution in [3.05, 3.63) is 102 Å². The second kappa shape index (κ2) is 10.6. The summed E-state index contributed by atoms with van der Waals surface area (Å²) in [5.74, 6) is 0.364. The monoisotopic (exact) mass is 430 g/mol. The fourth-order valence-corrected chi connectivity index (χ4v) is 3.55. The van der Waals surface area contributed by atoms with E-state index in [4.69, 9.17) is 9.47 Å². The Kier molecular flexibility index (Phi) is 7.15. The number of ether oxygens (including phenoxy) is 2. The maximum absolute atomic E-state index is 12.8. The summed E-state index contributed by atoms with van der Waals surface area (Å²) in [5, 5.41) is 2.93. The summed E-state index contributed by atoms with van der Waals surface area (Å²) in [5.41, 5.74) is 3.03. The number of hydrogen-bond acceptors (Lipinski definition) is 4. The molecule has 164 valence electrons. The lowest BCUT2D eigenvalue weighted by Gasteiger charge is -2.34. The summed E-state index contributed by atoms with van der Waals surface area (Å²) in [6, 6.07) is 26.6. The molecule has 32 heavy (non-hydrogen) atoms. The normalized spacial score (nSPS) is 15.9. The van der Waals surface area contributed by atoms with E-state index in [0.717, 1.165) is 22.4 Å². The molecule has 0 aromatic heterocycles. The highest BCUT2D eigenvalue weighted by Gasteiger charge is 2.33. The van der Waals surface area contributed by atoms with Gasteiger partial charge in [-0.1, -0.05) is 72.8 Å². The summed E-state index contributed by atoms with van der Waals surface area (Å²) in [4.78, 5) is 26.8. The van der Waals surface area contributed by atoms with Crippen molar-refractivity contribution in [2.24, 2.45) is 0 Å². The van der Waals surface area contributed by atoms with Gasteiger partial charge in [-0.05, 0) is 28.8 Å². The zero-order chi connectivity index (χ0) is 22.2. The van der Waals surface area contributed by atoms with Gasteiger partial charge in [0.1, 0.15) is 25.0 Å². The van der Waals surface area contributed by atoms with E-state index < -0.39 is 6.04 Å². The quantitative estimate of drug-likeness (QED) is 0.595.